The molecule has 0 spiro atoms. The van der Waals surface area contributed by atoms with Gasteiger partial charge in [0.2, 0.25) is 0 Å². The average Bonchev–Trinajstić information content (AvgIpc) is 2.29. The van der Waals surface area contributed by atoms with Gasteiger partial charge in [-0.3, -0.25) is 4.98 Å². The van der Waals surface area contributed by atoms with Crippen molar-refractivity contribution in [3.8, 4) is 12.1 Å². The minimum Gasteiger partial charge on any atom is -0.344 e. The van der Waals surface area contributed by atoms with Gasteiger partial charge in [0, 0.05) is 6.04 Å². The molecule has 0 aromatic carbocycles. The molecule has 5 heteroatoms. The normalized spacial score (nSPS) is 11.2. The zero-order chi connectivity index (χ0) is 12.0. The van der Waals surface area contributed by atoms with E-state index in [9.17, 15) is 0 Å². The van der Waals surface area contributed by atoms with E-state index in [0.29, 0.717) is 0 Å². The molecule has 82 valence electrons. The summed E-state index contributed by atoms with van der Waals surface area (Å²) < 4.78 is 0. The van der Waals surface area contributed by atoms with E-state index >= 15 is 0 Å². The summed E-state index contributed by atoms with van der Waals surface area (Å²) in [5, 5.41) is 17.3. The predicted molar refractivity (Wildman–Crippen MR) is 60.3 cm³/mol. The molecule has 0 saturated carbocycles. The van der Waals surface area contributed by atoms with Crippen LogP contribution in [0, 0.1) is 22.7 Å². The fraction of sp³-hybridized carbons (Fsp3) is 0.364. The minimum absolute atomic E-state index is 0.116. The first kappa shape index (κ1) is 12.0. The van der Waals surface area contributed by atoms with Crippen LogP contribution in [0.3, 0.4) is 0 Å². The topological polar surface area (TPSA) is 89.7 Å². The lowest BCUT2D eigenvalue weighted by molar-refractivity contribution is 0.779. The lowest BCUT2D eigenvalue weighted by Gasteiger charge is -2.17. The fourth-order valence-electron chi connectivity index (χ4n) is 1.26. The Kier molecular flexibility index (Phi) is 4.26. The second kappa shape index (κ2) is 5.69. The van der Waals surface area contributed by atoms with E-state index in [1.165, 1.54) is 0 Å². The van der Waals surface area contributed by atoms with Crippen LogP contribution in [-0.2, 0) is 0 Å². The molecule has 2 N–H and O–H groups in total. The zero-order valence-electron chi connectivity index (χ0n) is 9.09. The smallest absolute Gasteiger partial charge is 0.107 e. The molecule has 0 bridgehead atoms. The van der Waals surface area contributed by atoms with Crippen molar-refractivity contribution in [3.05, 3.63) is 24.0 Å². The minimum atomic E-state index is -0.116. The van der Waals surface area contributed by atoms with Gasteiger partial charge in [-0.15, -0.1) is 0 Å². The second-order valence-electron chi connectivity index (χ2n) is 3.40. The second-order valence-corrected chi connectivity index (χ2v) is 3.40. The Hall–Kier alpha value is -2.11. The van der Waals surface area contributed by atoms with Gasteiger partial charge >= 0.3 is 0 Å². The number of hydrogen-bond acceptors (Lipinski definition) is 5. The number of nitrogens with zero attached hydrogens (tertiary/aromatic N) is 4. The van der Waals surface area contributed by atoms with Crippen LogP contribution in [0.4, 0.5) is 5.69 Å². The molecule has 1 unspecified atom stereocenters. The van der Waals surface area contributed by atoms with Crippen LogP contribution < -0.4 is 10.6 Å². The highest BCUT2D eigenvalue weighted by Crippen LogP contribution is 2.14. The van der Waals surface area contributed by atoms with Crippen LogP contribution in [0.2, 0.25) is 0 Å². The summed E-state index contributed by atoms with van der Waals surface area (Å²) >= 11 is 0. The number of anilines is 1. The van der Waals surface area contributed by atoms with Gasteiger partial charge in [0.1, 0.15) is 13.1 Å². The van der Waals surface area contributed by atoms with E-state index in [1.807, 2.05) is 31.2 Å². The maximum Gasteiger partial charge on any atom is 0.107 e. The van der Waals surface area contributed by atoms with Crippen LogP contribution in [0.1, 0.15) is 18.7 Å². The lowest BCUT2D eigenvalue weighted by atomic mass is 10.2. The van der Waals surface area contributed by atoms with Crippen LogP contribution >= 0.6 is 0 Å². The van der Waals surface area contributed by atoms with E-state index < -0.39 is 0 Å². The molecule has 0 fully saturated rings. The molecule has 0 aliphatic carbocycles. The van der Waals surface area contributed by atoms with E-state index in [4.69, 9.17) is 16.3 Å². The van der Waals surface area contributed by atoms with Crippen LogP contribution in [0.25, 0.3) is 0 Å². The van der Waals surface area contributed by atoms with Gasteiger partial charge in [0.25, 0.3) is 0 Å². The molecule has 0 amide bonds. The molecule has 0 saturated heterocycles. The van der Waals surface area contributed by atoms with Crippen molar-refractivity contribution in [2.45, 2.75) is 13.0 Å². The summed E-state index contributed by atoms with van der Waals surface area (Å²) in [7, 11) is 0. The summed E-state index contributed by atoms with van der Waals surface area (Å²) in [4.78, 5) is 5.83. The fourth-order valence-corrected chi connectivity index (χ4v) is 1.26. The number of hydrogen-bond donors (Lipinski definition) is 1. The SMILES string of the molecule is CC(N)c1ccc(N(CC#N)CC#N)cn1. The third-order valence-corrected chi connectivity index (χ3v) is 2.13. The molecular formula is C11H13N5. The Bertz CT molecular complexity index is 393. The van der Waals surface area contributed by atoms with Crippen molar-refractivity contribution in [3.63, 3.8) is 0 Å². The molecule has 1 atom stereocenters. The number of rotatable bonds is 4. The molecule has 5 nitrogen and oxygen atoms in total. The molecule has 1 aromatic rings. The molecule has 1 aromatic heterocycles. The first-order valence-electron chi connectivity index (χ1n) is 4.89. The van der Waals surface area contributed by atoms with Gasteiger partial charge in [-0.2, -0.15) is 10.5 Å². The summed E-state index contributed by atoms with van der Waals surface area (Å²) in [5.41, 5.74) is 7.22. The van der Waals surface area contributed by atoms with Gasteiger partial charge in [-0.05, 0) is 19.1 Å². The van der Waals surface area contributed by atoms with Crippen LogP contribution in [0.15, 0.2) is 18.3 Å². The predicted octanol–water partition coefficient (Wildman–Crippen LogP) is 0.955. The van der Waals surface area contributed by atoms with E-state index in [0.717, 1.165) is 11.4 Å². The van der Waals surface area contributed by atoms with Gasteiger partial charge < -0.3 is 10.6 Å². The maximum absolute atomic E-state index is 8.63. The van der Waals surface area contributed by atoms with E-state index in [1.54, 1.807) is 11.1 Å². The average molecular weight is 215 g/mol. The third kappa shape index (κ3) is 2.94. The van der Waals surface area contributed by atoms with Crippen LogP contribution in [-0.4, -0.2) is 18.1 Å². The molecule has 1 heterocycles. The van der Waals surface area contributed by atoms with Gasteiger partial charge in [-0.25, -0.2) is 0 Å². The number of nitriles is 2. The Balaban J connectivity index is 2.86. The van der Waals surface area contributed by atoms with Crippen molar-refractivity contribution in [2.24, 2.45) is 5.73 Å². The Morgan fingerprint density at radius 1 is 1.38 bits per heavy atom. The Morgan fingerprint density at radius 3 is 2.38 bits per heavy atom. The standard InChI is InChI=1S/C11H13N5/c1-9(14)11-3-2-10(8-15-11)16(6-4-12)7-5-13/h2-3,8-9H,6-7,14H2,1H3. The first-order valence-corrected chi connectivity index (χ1v) is 4.89. The van der Waals surface area contributed by atoms with Crippen molar-refractivity contribution >= 4 is 5.69 Å². The highest BCUT2D eigenvalue weighted by atomic mass is 15.1. The Labute approximate surface area is 94.7 Å². The summed E-state index contributed by atoms with van der Waals surface area (Å²) in [6, 6.07) is 7.53. The highest BCUT2D eigenvalue weighted by molar-refractivity contribution is 5.46. The first-order chi connectivity index (χ1) is 7.69. The lowest BCUT2D eigenvalue weighted by Crippen LogP contribution is -2.24. The molecule has 0 aliphatic rings. The van der Waals surface area contributed by atoms with Gasteiger partial charge in [-0.1, -0.05) is 0 Å². The number of nitrogens with two attached hydrogens (primary N) is 1. The van der Waals surface area contributed by atoms with Crippen molar-refractivity contribution < 1.29 is 0 Å². The van der Waals surface area contributed by atoms with Crippen molar-refractivity contribution in [2.75, 3.05) is 18.0 Å². The van der Waals surface area contributed by atoms with Crippen LogP contribution in [0.5, 0.6) is 0 Å². The monoisotopic (exact) mass is 215 g/mol. The van der Waals surface area contributed by atoms with Crippen molar-refractivity contribution in [1.29, 1.82) is 10.5 Å². The van der Waals surface area contributed by atoms with E-state index in [-0.39, 0.29) is 19.1 Å². The summed E-state index contributed by atoms with van der Waals surface area (Å²) in [6.45, 7) is 2.20. The summed E-state index contributed by atoms with van der Waals surface area (Å²) in [6.07, 6.45) is 1.63. The molecule has 0 radical (unpaired) electrons. The zero-order valence-corrected chi connectivity index (χ0v) is 9.09. The molecular weight excluding hydrogens is 202 g/mol. The summed E-state index contributed by atoms with van der Waals surface area (Å²) in [5.74, 6) is 0. The largest absolute Gasteiger partial charge is 0.344 e. The van der Waals surface area contributed by atoms with Gasteiger partial charge in [0.05, 0.1) is 29.7 Å². The number of aromatic nitrogens is 1. The quantitative estimate of drug-likeness (QED) is 0.755. The van der Waals surface area contributed by atoms with Gasteiger partial charge in [0.15, 0.2) is 0 Å². The molecule has 16 heavy (non-hydrogen) atoms. The van der Waals surface area contributed by atoms with Crippen molar-refractivity contribution in [1.82, 2.24) is 4.98 Å². The number of pyridine rings is 1. The Morgan fingerprint density at radius 2 is 2.00 bits per heavy atom. The molecule has 0 aliphatic heterocycles. The maximum atomic E-state index is 8.63. The molecule has 1 rings (SSSR count). The van der Waals surface area contributed by atoms with E-state index in [2.05, 4.69) is 4.98 Å². The third-order valence-electron chi connectivity index (χ3n) is 2.13. The highest BCUT2D eigenvalue weighted by Gasteiger charge is 2.07.